The molecule has 1 rings (SSSR count). The zero-order chi connectivity index (χ0) is 9.84. The Morgan fingerprint density at radius 3 is 2.69 bits per heavy atom. The van der Waals surface area contributed by atoms with E-state index in [1.165, 1.54) is 18.3 Å². The van der Waals surface area contributed by atoms with Crippen LogP contribution in [0.1, 0.15) is 11.1 Å². The largest absolute Gasteiger partial charge is 0.404 e. The van der Waals surface area contributed by atoms with E-state index in [4.69, 9.17) is 11.0 Å². The van der Waals surface area contributed by atoms with Crippen LogP contribution in [0.5, 0.6) is 0 Å². The molecule has 0 atom stereocenters. The minimum absolute atomic E-state index is 0.280. The average Bonchev–Trinajstić information content (AvgIpc) is 2.04. The number of nitriles is 1. The molecule has 0 aliphatic rings. The van der Waals surface area contributed by atoms with Crippen LogP contribution in [-0.2, 0) is 0 Å². The molecule has 0 radical (unpaired) electrons. The Kier molecular flexibility index (Phi) is 2.65. The van der Waals surface area contributed by atoms with Crippen molar-refractivity contribution >= 4 is 5.57 Å². The number of aryl methyl sites for hydroxylation is 1. The second kappa shape index (κ2) is 3.72. The van der Waals surface area contributed by atoms with Crippen molar-refractivity contribution in [2.24, 2.45) is 5.73 Å². The van der Waals surface area contributed by atoms with E-state index in [-0.39, 0.29) is 11.4 Å². The fourth-order valence-electron chi connectivity index (χ4n) is 1.09. The van der Waals surface area contributed by atoms with Crippen molar-refractivity contribution in [3.05, 3.63) is 41.3 Å². The van der Waals surface area contributed by atoms with Gasteiger partial charge >= 0.3 is 0 Å². The highest BCUT2D eigenvalue weighted by molar-refractivity contribution is 5.76. The fraction of sp³-hybridized carbons (Fsp3) is 0.100. The van der Waals surface area contributed by atoms with E-state index in [1.807, 2.05) is 6.07 Å². The molecule has 66 valence electrons. The van der Waals surface area contributed by atoms with E-state index in [2.05, 4.69) is 0 Å². The highest BCUT2D eigenvalue weighted by Crippen LogP contribution is 2.15. The zero-order valence-corrected chi connectivity index (χ0v) is 7.21. The first-order valence-electron chi connectivity index (χ1n) is 3.77. The van der Waals surface area contributed by atoms with Gasteiger partial charge in [0.25, 0.3) is 0 Å². The third-order valence-electron chi connectivity index (χ3n) is 1.64. The molecular weight excluding hydrogens is 167 g/mol. The molecule has 0 aromatic heterocycles. The summed E-state index contributed by atoms with van der Waals surface area (Å²) in [6.07, 6.45) is 1.17. The van der Waals surface area contributed by atoms with Crippen molar-refractivity contribution < 1.29 is 4.39 Å². The summed E-state index contributed by atoms with van der Waals surface area (Å²) >= 11 is 0. The third-order valence-corrected chi connectivity index (χ3v) is 1.64. The number of allylic oxidation sites excluding steroid dienone is 1. The number of nitrogens with zero attached hydrogens (tertiary/aromatic N) is 1. The molecule has 1 aromatic carbocycles. The van der Waals surface area contributed by atoms with Gasteiger partial charge in [0.15, 0.2) is 0 Å². The molecule has 2 nitrogen and oxygen atoms in total. The third kappa shape index (κ3) is 2.06. The van der Waals surface area contributed by atoms with Gasteiger partial charge in [0, 0.05) is 6.20 Å². The van der Waals surface area contributed by atoms with Crippen LogP contribution in [0.4, 0.5) is 4.39 Å². The Labute approximate surface area is 76.1 Å². The van der Waals surface area contributed by atoms with Crippen molar-refractivity contribution in [3.8, 4) is 6.07 Å². The Morgan fingerprint density at radius 2 is 2.23 bits per heavy atom. The summed E-state index contributed by atoms with van der Waals surface area (Å²) in [5.41, 5.74) is 6.77. The van der Waals surface area contributed by atoms with E-state index in [1.54, 1.807) is 13.0 Å². The van der Waals surface area contributed by atoms with Gasteiger partial charge < -0.3 is 5.73 Å². The van der Waals surface area contributed by atoms with Crippen LogP contribution in [0.15, 0.2) is 24.4 Å². The SMILES string of the molecule is Cc1cc(F)cc(C(C#N)=CN)c1. The molecule has 2 N–H and O–H groups in total. The summed E-state index contributed by atoms with van der Waals surface area (Å²) in [6.45, 7) is 1.76. The van der Waals surface area contributed by atoms with E-state index in [0.29, 0.717) is 5.56 Å². The number of benzene rings is 1. The second-order valence-corrected chi connectivity index (χ2v) is 2.71. The number of rotatable bonds is 1. The lowest BCUT2D eigenvalue weighted by Gasteiger charge is -2.00. The van der Waals surface area contributed by atoms with Crippen molar-refractivity contribution in [1.82, 2.24) is 0 Å². The molecular formula is C10H9FN2. The fourth-order valence-corrected chi connectivity index (χ4v) is 1.09. The van der Waals surface area contributed by atoms with Crippen LogP contribution in [-0.4, -0.2) is 0 Å². The minimum Gasteiger partial charge on any atom is -0.404 e. The first-order valence-corrected chi connectivity index (χ1v) is 3.77. The van der Waals surface area contributed by atoms with Crippen LogP contribution in [0.2, 0.25) is 0 Å². The predicted octanol–water partition coefficient (Wildman–Crippen LogP) is 1.96. The Morgan fingerprint density at radius 1 is 1.54 bits per heavy atom. The van der Waals surface area contributed by atoms with Crippen LogP contribution in [0.25, 0.3) is 5.57 Å². The molecule has 0 unspecified atom stereocenters. The van der Waals surface area contributed by atoms with Crippen molar-refractivity contribution in [2.45, 2.75) is 6.92 Å². The first kappa shape index (κ1) is 9.27. The summed E-state index contributed by atoms with van der Waals surface area (Å²) < 4.78 is 12.9. The summed E-state index contributed by atoms with van der Waals surface area (Å²) in [5.74, 6) is -0.357. The maximum atomic E-state index is 12.9. The molecule has 0 spiro atoms. The molecule has 0 amide bonds. The van der Waals surface area contributed by atoms with Gasteiger partial charge in [0.1, 0.15) is 11.9 Å². The van der Waals surface area contributed by atoms with Crippen molar-refractivity contribution in [2.75, 3.05) is 0 Å². The summed E-state index contributed by atoms with van der Waals surface area (Å²) in [6, 6.07) is 6.29. The molecule has 0 aliphatic carbocycles. The van der Waals surface area contributed by atoms with Crippen LogP contribution in [0, 0.1) is 24.1 Å². The van der Waals surface area contributed by atoms with Crippen LogP contribution >= 0.6 is 0 Å². The first-order chi connectivity index (χ1) is 6.17. The van der Waals surface area contributed by atoms with Crippen molar-refractivity contribution in [1.29, 1.82) is 5.26 Å². The minimum atomic E-state index is -0.357. The highest BCUT2D eigenvalue weighted by Gasteiger charge is 2.02. The Bertz CT molecular complexity index is 368. The molecule has 0 saturated carbocycles. The molecule has 13 heavy (non-hydrogen) atoms. The average molecular weight is 176 g/mol. The van der Waals surface area contributed by atoms with Gasteiger partial charge in [-0.25, -0.2) is 4.39 Å². The van der Waals surface area contributed by atoms with Gasteiger partial charge in [-0.15, -0.1) is 0 Å². The van der Waals surface area contributed by atoms with E-state index >= 15 is 0 Å². The lowest BCUT2D eigenvalue weighted by molar-refractivity contribution is 0.626. The van der Waals surface area contributed by atoms with Crippen LogP contribution in [0.3, 0.4) is 0 Å². The van der Waals surface area contributed by atoms with Crippen LogP contribution < -0.4 is 5.73 Å². The van der Waals surface area contributed by atoms with Gasteiger partial charge in [-0.2, -0.15) is 5.26 Å². The number of halogens is 1. The molecule has 1 aromatic rings. The molecule has 3 heteroatoms. The van der Waals surface area contributed by atoms with Gasteiger partial charge in [-0.1, -0.05) is 6.07 Å². The quantitative estimate of drug-likeness (QED) is 0.665. The highest BCUT2D eigenvalue weighted by atomic mass is 19.1. The summed E-state index contributed by atoms with van der Waals surface area (Å²) in [7, 11) is 0. The Hall–Kier alpha value is -1.82. The second-order valence-electron chi connectivity index (χ2n) is 2.71. The normalized spacial score (nSPS) is 11.0. The van der Waals surface area contributed by atoms with E-state index < -0.39 is 0 Å². The maximum Gasteiger partial charge on any atom is 0.124 e. The predicted molar refractivity (Wildman–Crippen MR) is 48.9 cm³/mol. The molecule has 0 heterocycles. The molecule has 0 aliphatic heterocycles. The monoisotopic (exact) mass is 176 g/mol. The number of hydrogen-bond acceptors (Lipinski definition) is 2. The molecule has 0 saturated heterocycles. The van der Waals surface area contributed by atoms with Gasteiger partial charge in [-0.3, -0.25) is 0 Å². The number of hydrogen-bond donors (Lipinski definition) is 1. The standard InChI is InChI=1S/C10H9FN2/c1-7-2-8(4-10(11)3-7)9(5-12)6-13/h2-5H,12H2,1H3. The lowest BCUT2D eigenvalue weighted by atomic mass is 10.1. The Balaban J connectivity index is 3.24. The lowest BCUT2D eigenvalue weighted by Crippen LogP contribution is -1.89. The molecule has 0 fully saturated rings. The number of nitrogens with two attached hydrogens (primary N) is 1. The van der Waals surface area contributed by atoms with E-state index in [9.17, 15) is 4.39 Å². The van der Waals surface area contributed by atoms with Gasteiger partial charge in [0.05, 0.1) is 5.57 Å². The van der Waals surface area contributed by atoms with Gasteiger partial charge in [0.2, 0.25) is 0 Å². The topological polar surface area (TPSA) is 49.8 Å². The maximum absolute atomic E-state index is 12.9. The van der Waals surface area contributed by atoms with Crippen molar-refractivity contribution in [3.63, 3.8) is 0 Å². The molecule has 0 bridgehead atoms. The summed E-state index contributed by atoms with van der Waals surface area (Å²) in [5, 5.41) is 8.64. The smallest absolute Gasteiger partial charge is 0.124 e. The zero-order valence-electron chi connectivity index (χ0n) is 7.21. The van der Waals surface area contributed by atoms with Gasteiger partial charge in [-0.05, 0) is 30.2 Å². The van der Waals surface area contributed by atoms with E-state index in [0.717, 1.165) is 5.56 Å². The summed E-state index contributed by atoms with van der Waals surface area (Å²) in [4.78, 5) is 0.